The van der Waals surface area contributed by atoms with Gasteiger partial charge in [-0.25, -0.2) is 9.97 Å². The highest BCUT2D eigenvalue weighted by molar-refractivity contribution is 6.29. The Kier molecular flexibility index (Phi) is 4.22. The van der Waals surface area contributed by atoms with Crippen molar-refractivity contribution in [1.82, 2.24) is 9.97 Å². The fourth-order valence-corrected chi connectivity index (χ4v) is 2.44. The van der Waals surface area contributed by atoms with E-state index in [4.69, 9.17) is 16.3 Å². The van der Waals surface area contributed by atoms with E-state index in [-0.39, 0.29) is 0 Å². The van der Waals surface area contributed by atoms with Crippen LogP contribution in [-0.2, 0) is 4.74 Å². The number of nitrogens with one attached hydrogen (secondary N) is 1. The van der Waals surface area contributed by atoms with Crippen molar-refractivity contribution >= 4 is 23.2 Å². The summed E-state index contributed by atoms with van der Waals surface area (Å²) < 4.78 is 5.35. The van der Waals surface area contributed by atoms with E-state index in [2.05, 4.69) is 20.2 Å². The highest BCUT2D eigenvalue weighted by Gasteiger charge is 2.15. The Bertz CT molecular complexity index is 612. The molecule has 0 aliphatic carbocycles. The fourth-order valence-electron chi connectivity index (χ4n) is 2.27. The van der Waals surface area contributed by atoms with Gasteiger partial charge in [-0.1, -0.05) is 23.7 Å². The first-order chi connectivity index (χ1) is 10.3. The van der Waals surface area contributed by atoms with Crippen LogP contribution in [0.2, 0.25) is 5.15 Å². The topological polar surface area (TPSA) is 50.3 Å². The third kappa shape index (κ3) is 3.25. The second-order valence-electron chi connectivity index (χ2n) is 4.80. The van der Waals surface area contributed by atoms with Crippen molar-refractivity contribution in [3.05, 3.63) is 35.5 Å². The van der Waals surface area contributed by atoms with Gasteiger partial charge in [-0.2, -0.15) is 0 Å². The number of nitrogens with zero attached hydrogens (tertiary/aromatic N) is 3. The number of morpholine rings is 1. The third-order valence-corrected chi connectivity index (χ3v) is 3.64. The Hall–Kier alpha value is -1.85. The Morgan fingerprint density at radius 2 is 1.86 bits per heavy atom. The number of hydrogen-bond acceptors (Lipinski definition) is 5. The molecule has 2 aromatic rings. The molecule has 0 radical (unpaired) electrons. The Morgan fingerprint density at radius 1 is 1.14 bits per heavy atom. The predicted octanol–water partition coefficient (Wildman–Crippen LogP) is 2.68. The number of aromatic nitrogens is 2. The van der Waals surface area contributed by atoms with Gasteiger partial charge in [0.05, 0.1) is 18.9 Å². The van der Waals surface area contributed by atoms with E-state index in [1.165, 1.54) is 0 Å². The minimum atomic E-state index is 0.458. The average Bonchev–Trinajstić information content (AvgIpc) is 2.55. The minimum absolute atomic E-state index is 0.458. The minimum Gasteiger partial charge on any atom is -0.388 e. The van der Waals surface area contributed by atoms with Crippen molar-refractivity contribution < 1.29 is 4.74 Å². The smallest absolute Gasteiger partial charge is 0.227 e. The molecule has 21 heavy (non-hydrogen) atoms. The number of anilines is 2. The summed E-state index contributed by atoms with van der Waals surface area (Å²) in [5.74, 6) is 0.665. The predicted molar refractivity (Wildman–Crippen MR) is 85.1 cm³/mol. The van der Waals surface area contributed by atoms with Crippen molar-refractivity contribution in [3.8, 4) is 11.3 Å². The Labute approximate surface area is 128 Å². The van der Waals surface area contributed by atoms with Crippen molar-refractivity contribution in [2.24, 2.45) is 0 Å². The van der Waals surface area contributed by atoms with E-state index in [9.17, 15) is 0 Å². The maximum atomic E-state index is 6.16. The first-order valence-electron chi connectivity index (χ1n) is 6.92. The molecule has 2 heterocycles. The van der Waals surface area contributed by atoms with Crippen LogP contribution in [0.25, 0.3) is 11.3 Å². The zero-order valence-electron chi connectivity index (χ0n) is 11.8. The summed E-state index contributed by atoms with van der Waals surface area (Å²) in [6.07, 6.45) is 0. The second kappa shape index (κ2) is 6.28. The van der Waals surface area contributed by atoms with E-state index in [0.717, 1.165) is 30.0 Å². The largest absolute Gasteiger partial charge is 0.388 e. The summed E-state index contributed by atoms with van der Waals surface area (Å²) in [5.41, 5.74) is 2.92. The molecule has 0 unspecified atom stereocenters. The Morgan fingerprint density at radius 3 is 2.52 bits per heavy atom. The maximum absolute atomic E-state index is 6.16. The van der Waals surface area contributed by atoms with E-state index < -0.39 is 0 Å². The summed E-state index contributed by atoms with van der Waals surface area (Å²) in [6, 6.07) is 9.86. The van der Waals surface area contributed by atoms with Crippen LogP contribution in [0.4, 0.5) is 11.6 Å². The number of hydrogen-bond donors (Lipinski definition) is 1. The van der Waals surface area contributed by atoms with Crippen molar-refractivity contribution in [2.75, 3.05) is 43.6 Å². The average molecular weight is 305 g/mol. The molecule has 1 aliphatic rings. The van der Waals surface area contributed by atoms with Gasteiger partial charge in [-0.05, 0) is 12.1 Å². The van der Waals surface area contributed by atoms with E-state index in [0.29, 0.717) is 24.3 Å². The highest BCUT2D eigenvalue weighted by Crippen LogP contribution is 2.24. The molecule has 0 saturated carbocycles. The van der Waals surface area contributed by atoms with Gasteiger partial charge in [0.25, 0.3) is 0 Å². The van der Waals surface area contributed by atoms with Gasteiger partial charge in [0.15, 0.2) is 0 Å². The lowest BCUT2D eigenvalue weighted by Gasteiger charge is -2.27. The van der Waals surface area contributed by atoms with Crippen LogP contribution in [0.1, 0.15) is 0 Å². The molecule has 0 amide bonds. The van der Waals surface area contributed by atoms with E-state index in [1.54, 1.807) is 6.07 Å². The van der Waals surface area contributed by atoms with Gasteiger partial charge in [0, 0.05) is 37.5 Å². The molecule has 3 rings (SSSR count). The normalized spacial score (nSPS) is 15.0. The van der Waals surface area contributed by atoms with Gasteiger partial charge >= 0.3 is 0 Å². The second-order valence-corrected chi connectivity index (χ2v) is 5.19. The van der Waals surface area contributed by atoms with Crippen LogP contribution in [0.15, 0.2) is 30.3 Å². The van der Waals surface area contributed by atoms with Gasteiger partial charge in [-0.3, -0.25) is 0 Å². The first kappa shape index (κ1) is 14.1. The number of benzene rings is 1. The van der Waals surface area contributed by atoms with Crippen molar-refractivity contribution in [2.45, 2.75) is 0 Å². The molecule has 1 saturated heterocycles. The van der Waals surface area contributed by atoms with E-state index >= 15 is 0 Å². The Balaban J connectivity index is 1.92. The third-order valence-electron chi connectivity index (χ3n) is 3.45. The molecule has 5 nitrogen and oxygen atoms in total. The van der Waals surface area contributed by atoms with Gasteiger partial charge in [-0.15, -0.1) is 0 Å². The van der Waals surface area contributed by atoms with Crippen LogP contribution in [0.5, 0.6) is 0 Å². The lowest BCUT2D eigenvalue weighted by atomic mass is 10.1. The first-order valence-corrected chi connectivity index (χ1v) is 7.29. The molecule has 0 bridgehead atoms. The number of ether oxygens (including phenoxy) is 1. The molecule has 1 aromatic carbocycles. The lowest BCUT2D eigenvalue weighted by molar-refractivity contribution is 0.122. The number of halogens is 1. The van der Waals surface area contributed by atoms with Gasteiger partial charge in [0.2, 0.25) is 5.95 Å². The van der Waals surface area contributed by atoms with Crippen LogP contribution < -0.4 is 10.2 Å². The molecular formula is C15H17ClN4O. The molecule has 0 atom stereocenters. The molecule has 1 aliphatic heterocycles. The maximum Gasteiger partial charge on any atom is 0.227 e. The van der Waals surface area contributed by atoms with Crippen LogP contribution in [0, 0.1) is 0 Å². The van der Waals surface area contributed by atoms with Crippen LogP contribution in [0.3, 0.4) is 0 Å². The molecule has 1 aromatic heterocycles. The molecule has 1 N–H and O–H groups in total. The molecule has 0 spiro atoms. The lowest BCUT2D eigenvalue weighted by Crippen LogP contribution is -2.37. The number of rotatable bonds is 3. The standard InChI is InChI=1S/C15H17ClN4O/c1-17-12-4-2-11(3-5-12)13-10-14(16)19-15(18-13)20-6-8-21-9-7-20/h2-5,10,17H,6-9H2,1H3. The van der Waals surface area contributed by atoms with Crippen molar-refractivity contribution in [1.29, 1.82) is 0 Å². The molecule has 110 valence electrons. The summed E-state index contributed by atoms with van der Waals surface area (Å²) in [4.78, 5) is 11.1. The summed E-state index contributed by atoms with van der Waals surface area (Å²) in [6.45, 7) is 2.97. The van der Waals surface area contributed by atoms with Gasteiger partial charge < -0.3 is 15.0 Å². The summed E-state index contributed by atoms with van der Waals surface area (Å²) in [5, 5.41) is 3.56. The summed E-state index contributed by atoms with van der Waals surface area (Å²) in [7, 11) is 1.90. The molecular weight excluding hydrogens is 288 g/mol. The quantitative estimate of drug-likeness (QED) is 0.884. The highest BCUT2D eigenvalue weighted by atomic mass is 35.5. The van der Waals surface area contributed by atoms with Crippen LogP contribution in [-0.4, -0.2) is 43.3 Å². The van der Waals surface area contributed by atoms with Crippen LogP contribution >= 0.6 is 11.6 Å². The van der Waals surface area contributed by atoms with Gasteiger partial charge in [0.1, 0.15) is 5.15 Å². The SMILES string of the molecule is CNc1ccc(-c2cc(Cl)nc(N3CCOCC3)n2)cc1. The molecule has 1 fully saturated rings. The zero-order valence-corrected chi connectivity index (χ0v) is 12.6. The van der Waals surface area contributed by atoms with E-state index in [1.807, 2.05) is 31.3 Å². The monoisotopic (exact) mass is 304 g/mol. The molecule has 6 heteroatoms. The zero-order chi connectivity index (χ0) is 14.7. The summed E-state index contributed by atoms with van der Waals surface area (Å²) >= 11 is 6.16. The van der Waals surface area contributed by atoms with Crippen molar-refractivity contribution in [3.63, 3.8) is 0 Å². The fraction of sp³-hybridized carbons (Fsp3) is 0.333.